The maximum absolute atomic E-state index is 9.40. The fourth-order valence-electron chi connectivity index (χ4n) is 5.99. The van der Waals surface area contributed by atoms with Crippen LogP contribution in [0.25, 0.3) is 0 Å². The van der Waals surface area contributed by atoms with Crippen LogP contribution in [-0.2, 0) is 0 Å². The first-order valence-electron chi connectivity index (χ1n) is 17.5. The van der Waals surface area contributed by atoms with Gasteiger partial charge >= 0.3 is 0 Å². The number of benzene rings is 2. The van der Waals surface area contributed by atoms with Gasteiger partial charge in [0, 0.05) is 0 Å². The van der Waals surface area contributed by atoms with Crippen LogP contribution >= 0.6 is 0 Å². The molecule has 2 aromatic rings. The Hall–Kier alpha value is -2.60. The van der Waals surface area contributed by atoms with E-state index in [1.165, 1.54) is 0 Å². The third-order valence-corrected chi connectivity index (χ3v) is 9.18. The summed E-state index contributed by atoms with van der Waals surface area (Å²) in [6.07, 6.45) is 8.58. The van der Waals surface area contributed by atoms with E-state index in [1.807, 2.05) is 48.5 Å². The number of quaternary nitrogens is 2. The van der Waals surface area contributed by atoms with Crippen LogP contribution in [0.5, 0.6) is 11.5 Å². The molecule has 0 aliphatic carbocycles. The standard InChI is InChI=1S/C36H62N4O6/c1-3-39(23-27-41,24-28-42)21-9-5-7-11-31-45-35-17-13-33(14-18-35)37-38-34-15-19-36(20-16-34)46-32-12-8-6-10-22-40(4-2,25-29-43)26-30-44/h13-20,41-44H,3-12,21-32H2,1-2H3/q+2. The lowest BCUT2D eigenvalue weighted by Gasteiger charge is -2.37. The second-order valence-electron chi connectivity index (χ2n) is 12.3. The fraction of sp³-hybridized carbons (Fsp3) is 0.667. The molecule has 10 heteroatoms. The molecule has 2 rings (SSSR count). The third-order valence-electron chi connectivity index (χ3n) is 9.18. The van der Waals surface area contributed by atoms with Crippen molar-refractivity contribution in [1.29, 1.82) is 0 Å². The molecule has 0 aliphatic rings. The van der Waals surface area contributed by atoms with Crippen molar-refractivity contribution in [2.45, 2.75) is 65.2 Å². The highest BCUT2D eigenvalue weighted by atomic mass is 16.5. The van der Waals surface area contributed by atoms with Crippen LogP contribution in [0.2, 0.25) is 0 Å². The normalized spacial score (nSPS) is 12.2. The Bertz CT molecular complexity index is 956. The maximum atomic E-state index is 9.40. The van der Waals surface area contributed by atoms with E-state index in [-0.39, 0.29) is 26.4 Å². The van der Waals surface area contributed by atoms with E-state index in [9.17, 15) is 20.4 Å². The molecule has 10 nitrogen and oxygen atoms in total. The third kappa shape index (κ3) is 15.3. The van der Waals surface area contributed by atoms with Gasteiger partial charge in [-0.25, -0.2) is 0 Å². The van der Waals surface area contributed by atoms with Gasteiger partial charge in [-0.15, -0.1) is 0 Å². The molecule has 0 bridgehead atoms. The topological polar surface area (TPSA) is 124 Å². The summed E-state index contributed by atoms with van der Waals surface area (Å²) in [5, 5.41) is 46.3. The average Bonchev–Trinajstić information content (AvgIpc) is 3.07. The molecule has 260 valence electrons. The molecule has 0 atom stereocenters. The number of rotatable bonds is 28. The monoisotopic (exact) mass is 646 g/mol. The largest absolute Gasteiger partial charge is 0.494 e. The van der Waals surface area contributed by atoms with Gasteiger partial charge in [0.2, 0.25) is 0 Å². The van der Waals surface area contributed by atoms with Gasteiger partial charge in [0.15, 0.2) is 0 Å². The minimum absolute atomic E-state index is 0.161. The zero-order valence-electron chi connectivity index (χ0n) is 28.6. The Morgan fingerprint density at radius 3 is 1.09 bits per heavy atom. The van der Waals surface area contributed by atoms with E-state index in [0.29, 0.717) is 39.4 Å². The Kier molecular flexibility index (Phi) is 20.4. The van der Waals surface area contributed by atoms with Crippen molar-refractivity contribution in [2.75, 3.05) is 92.0 Å². The number of hydrogen-bond donors (Lipinski definition) is 4. The van der Waals surface area contributed by atoms with Gasteiger partial charge in [-0.05, 0) is 114 Å². The lowest BCUT2D eigenvalue weighted by molar-refractivity contribution is -0.927. The summed E-state index contributed by atoms with van der Waals surface area (Å²) in [5.41, 5.74) is 1.53. The van der Waals surface area contributed by atoms with Crippen LogP contribution in [0.4, 0.5) is 11.4 Å². The van der Waals surface area contributed by atoms with E-state index in [2.05, 4.69) is 24.1 Å². The fourth-order valence-corrected chi connectivity index (χ4v) is 5.99. The first-order valence-corrected chi connectivity index (χ1v) is 17.5. The summed E-state index contributed by atoms with van der Waals surface area (Å²) in [7, 11) is 0. The van der Waals surface area contributed by atoms with Crippen molar-refractivity contribution in [3.63, 3.8) is 0 Å². The summed E-state index contributed by atoms with van der Waals surface area (Å²) in [4.78, 5) is 0. The lowest BCUT2D eigenvalue weighted by Crippen LogP contribution is -2.52. The predicted octanol–water partition coefficient (Wildman–Crippen LogP) is 5.62. The Balaban J connectivity index is 1.61. The molecule has 0 unspecified atom stereocenters. The van der Waals surface area contributed by atoms with Crippen molar-refractivity contribution in [3.8, 4) is 11.5 Å². The summed E-state index contributed by atoms with van der Waals surface area (Å²) >= 11 is 0. The van der Waals surface area contributed by atoms with Gasteiger partial charge in [-0.3, -0.25) is 0 Å². The molecule has 0 amide bonds. The average molecular weight is 647 g/mol. The zero-order valence-corrected chi connectivity index (χ0v) is 28.6. The predicted molar refractivity (Wildman–Crippen MR) is 184 cm³/mol. The number of ether oxygens (including phenoxy) is 2. The Morgan fingerprint density at radius 2 is 0.783 bits per heavy atom. The first-order chi connectivity index (χ1) is 22.5. The van der Waals surface area contributed by atoms with Crippen LogP contribution < -0.4 is 9.47 Å². The zero-order chi connectivity index (χ0) is 33.4. The highest BCUT2D eigenvalue weighted by Gasteiger charge is 2.24. The van der Waals surface area contributed by atoms with Crippen LogP contribution in [0, 0.1) is 0 Å². The summed E-state index contributed by atoms with van der Waals surface area (Å²) in [6, 6.07) is 15.3. The number of likely N-dealkylation sites (N-methyl/N-ethyl adjacent to an activating group) is 2. The number of unbranched alkanes of at least 4 members (excludes halogenated alkanes) is 6. The van der Waals surface area contributed by atoms with E-state index in [4.69, 9.17) is 9.47 Å². The number of azo groups is 1. The van der Waals surface area contributed by atoms with Gasteiger partial charge in [0.25, 0.3) is 0 Å². The Morgan fingerprint density at radius 1 is 0.457 bits per heavy atom. The smallest absolute Gasteiger partial charge is 0.119 e. The molecule has 4 N–H and O–H groups in total. The summed E-state index contributed by atoms with van der Waals surface area (Å²) in [5.74, 6) is 1.65. The molecule has 0 heterocycles. The minimum atomic E-state index is 0.161. The molecule has 0 fully saturated rings. The number of aliphatic hydroxyl groups is 4. The van der Waals surface area contributed by atoms with E-state index in [1.54, 1.807) is 0 Å². The molecule has 0 radical (unpaired) electrons. The SMILES string of the molecule is CC[N+](CCO)(CCO)CCCCCCOc1ccc(N=Nc2ccc(OCCCCCC[N+](CC)(CCO)CCO)cc2)cc1. The van der Waals surface area contributed by atoms with Gasteiger partial charge in [0.1, 0.15) is 37.7 Å². The number of aliphatic hydroxyl groups excluding tert-OH is 4. The number of hydrogen-bond acceptors (Lipinski definition) is 8. The minimum Gasteiger partial charge on any atom is -0.494 e. The van der Waals surface area contributed by atoms with E-state index in [0.717, 1.165) is 109 Å². The molecule has 2 aromatic carbocycles. The number of nitrogens with zero attached hydrogens (tertiary/aromatic N) is 4. The van der Waals surface area contributed by atoms with Gasteiger partial charge in [0.05, 0.1) is 77.2 Å². The van der Waals surface area contributed by atoms with Crippen molar-refractivity contribution in [1.82, 2.24) is 0 Å². The first kappa shape index (κ1) is 39.6. The quantitative estimate of drug-likeness (QED) is 0.0541. The molecule has 0 aromatic heterocycles. The molecule has 0 spiro atoms. The van der Waals surface area contributed by atoms with Crippen LogP contribution in [0.1, 0.15) is 65.2 Å². The highest BCUT2D eigenvalue weighted by Crippen LogP contribution is 2.23. The van der Waals surface area contributed by atoms with E-state index < -0.39 is 0 Å². The van der Waals surface area contributed by atoms with Crippen LogP contribution in [0.3, 0.4) is 0 Å². The Labute approximate surface area is 277 Å². The summed E-state index contributed by atoms with van der Waals surface area (Å²) < 4.78 is 13.4. The van der Waals surface area contributed by atoms with E-state index >= 15 is 0 Å². The molecule has 46 heavy (non-hydrogen) atoms. The van der Waals surface area contributed by atoms with Crippen LogP contribution in [0.15, 0.2) is 58.8 Å². The molecule has 0 aliphatic heterocycles. The molecule has 0 saturated heterocycles. The van der Waals surface area contributed by atoms with Gasteiger partial charge in [-0.2, -0.15) is 10.2 Å². The molecular weight excluding hydrogens is 584 g/mol. The summed E-state index contributed by atoms with van der Waals surface area (Å²) in [6.45, 7) is 12.9. The van der Waals surface area contributed by atoms with Crippen molar-refractivity contribution in [3.05, 3.63) is 48.5 Å². The highest BCUT2D eigenvalue weighted by molar-refractivity contribution is 5.44. The second-order valence-corrected chi connectivity index (χ2v) is 12.3. The van der Waals surface area contributed by atoms with Gasteiger partial charge < -0.3 is 38.9 Å². The van der Waals surface area contributed by atoms with Gasteiger partial charge in [-0.1, -0.05) is 0 Å². The molecular formula is C36H62N4O6+2. The lowest BCUT2D eigenvalue weighted by atomic mass is 10.1. The maximum Gasteiger partial charge on any atom is 0.119 e. The molecule has 0 saturated carbocycles. The second kappa shape index (κ2) is 23.7. The van der Waals surface area contributed by atoms with Crippen molar-refractivity contribution >= 4 is 11.4 Å². The van der Waals surface area contributed by atoms with Crippen molar-refractivity contribution < 1.29 is 38.9 Å². The van der Waals surface area contributed by atoms with Crippen LogP contribution in [-0.4, -0.2) is 121 Å². The van der Waals surface area contributed by atoms with Crippen molar-refractivity contribution in [2.24, 2.45) is 10.2 Å².